The van der Waals surface area contributed by atoms with Crippen LogP contribution in [0.5, 0.6) is 5.75 Å². The Morgan fingerprint density at radius 2 is 1.50 bits per heavy atom. The Morgan fingerprint density at radius 3 is 2.12 bits per heavy atom. The summed E-state index contributed by atoms with van der Waals surface area (Å²) in [5.41, 5.74) is 1.51. The van der Waals surface area contributed by atoms with Crippen molar-refractivity contribution in [1.82, 2.24) is 5.43 Å². The fourth-order valence-corrected chi connectivity index (χ4v) is 2.57. The summed E-state index contributed by atoms with van der Waals surface area (Å²) in [7, 11) is 0. The van der Waals surface area contributed by atoms with E-state index in [0.717, 1.165) is 18.2 Å². The minimum atomic E-state index is -0.875. The lowest BCUT2D eigenvalue weighted by atomic mass is 10.1. The Balaban J connectivity index is 1.69. The van der Waals surface area contributed by atoms with Gasteiger partial charge in [0.2, 0.25) is 0 Å². The van der Waals surface area contributed by atoms with Gasteiger partial charge < -0.3 is 4.74 Å². The number of nitrogens with zero attached hydrogens (tertiary/aromatic N) is 3. The monoisotopic (exact) mass is 434 g/mol. The summed E-state index contributed by atoms with van der Waals surface area (Å²) in [4.78, 5) is 44.5. The number of nitrogens with one attached hydrogen (secondary N) is 1. The fourth-order valence-electron chi connectivity index (χ4n) is 2.57. The van der Waals surface area contributed by atoms with Gasteiger partial charge in [-0.15, -0.1) is 0 Å². The quantitative estimate of drug-likeness (QED) is 0.196. The zero-order valence-corrected chi connectivity index (χ0v) is 16.2. The van der Waals surface area contributed by atoms with Gasteiger partial charge in [-0.2, -0.15) is 5.10 Å². The number of nitro benzene ring substituents is 2. The third-order valence-corrected chi connectivity index (χ3v) is 4.04. The Bertz CT molecular complexity index is 1190. The van der Waals surface area contributed by atoms with Crippen molar-refractivity contribution in [2.75, 3.05) is 0 Å². The maximum atomic E-state index is 12.2. The van der Waals surface area contributed by atoms with Crippen LogP contribution < -0.4 is 10.2 Å². The first kappa shape index (κ1) is 21.8. The maximum absolute atomic E-state index is 12.2. The molecule has 11 nitrogen and oxygen atoms in total. The van der Waals surface area contributed by atoms with E-state index in [4.69, 9.17) is 4.74 Å². The zero-order chi connectivity index (χ0) is 23.1. The Labute approximate surface area is 180 Å². The third kappa shape index (κ3) is 5.57. The number of hydrogen-bond donors (Lipinski definition) is 1. The molecule has 3 aromatic rings. The van der Waals surface area contributed by atoms with Gasteiger partial charge in [-0.05, 0) is 29.8 Å². The Kier molecular flexibility index (Phi) is 6.61. The molecule has 0 spiro atoms. The van der Waals surface area contributed by atoms with Gasteiger partial charge in [0.25, 0.3) is 17.3 Å². The van der Waals surface area contributed by atoms with E-state index in [2.05, 4.69) is 10.5 Å². The highest BCUT2D eigenvalue weighted by atomic mass is 16.6. The highest BCUT2D eigenvalue weighted by Crippen LogP contribution is 2.22. The van der Waals surface area contributed by atoms with Crippen molar-refractivity contribution in [3.8, 4) is 5.75 Å². The molecule has 32 heavy (non-hydrogen) atoms. The van der Waals surface area contributed by atoms with Crippen LogP contribution in [0.25, 0.3) is 0 Å². The van der Waals surface area contributed by atoms with Crippen molar-refractivity contribution in [2.24, 2.45) is 5.10 Å². The second kappa shape index (κ2) is 9.71. The first-order valence-electron chi connectivity index (χ1n) is 8.98. The second-order valence-electron chi connectivity index (χ2n) is 6.28. The average Bonchev–Trinajstić information content (AvgIpc) is 2.79. The van der Waals surface area contributed by atoms with Crippen molar-refractivity contribution in [3.63, 3.8) is 0 Å². The highest BCUT2D eigenvalue weighted by Gasteiger charge is 2.19. The van der Waals surface area contributed by atoms with Gasteiger partial charge >= 0.3 is 5.97 Å². The van der Waals surface area contributed by atoms with Crippen LogP contribution in [0.3, 0.4) is 0 Å². The molecule has 1 amide bonds. The molecule has 0 atom stereocenters. The second-order valence-corrected chi connectivity index (χ2v) is 6.28. The van der Waals surface area contributed by atoms with E-state index in [-0.39, 0.29) is 11.3 Å². The van der Waals surface area contributed by atoms with Crippen LogP contribution >= 0.6 is 0 Å². The molecule has 0 aromatic heterocycles. The summed E-state index contributed by atoms with van der Waals surface area (Å²) in [6.45, 7) is 0. The number of amides is 1. The minimum Gasteiger partial charge on any atom is -0.423 e. The van der Waals surface area contributed by atoms with Gasteiger partial charge in [0.15, 0.2) is 0 Å². The number of ether oxygens (including phenoxy) is 1. The molecule has 0 aliphatic heterocycles. The molecule has 160 valence electrons. The van der Waals surface area contributed by atoms with Crippen molar-refractivity contribution in [3.05, 3.63) is 110 Å². The van der Waals surface area contributed by atoms with Gasteiger partial charge in [0.1, 0.15) is 5.75 Å². The lowest BCUT2D eigenvalue weighted by Gasteiger charge is -2.05. The normalized spacial score (nSPS) is 10.5. The average molecular weight is 434 g/mol. The number of hydrogen-bond acceptors (Lipinski definition) is 8. The van der Waals surface area contributed by atoms with E-state index in [1.165, 1.54) is 12.3 Å². The first-order valence-corrected chi connectivity index (χ1v) is 8.98. The van der Waals surface area contributed by atoms with E-state index >= 15 is 0 Å². The molecule has 3 aromatic carbocycles. The van der Waals surface area contributed by atoms with Crippen LogP contribution in [0.4, 0.5) is 11.4 Å². The molecule has 0 heterocycles. The molecule has 0 aliphatic rings. The van der Waals surface area contributed by atoms with Crippen LogP contribution in [0.15, 0.2) is 77.9 Å². The van der Waals surface area contributed by atoms with Crippen molar-refractivity contribution in [1.29, 1.82) is 0 Å². The summed E-state index contributed by atoms with van der Waals surface area (Å²) in [6.07, 6.45) is 1.25. The predicted octanol–water partition coefficient (Wildman–Crippen LogP) is 3.49. The van der Waals surface area contributed by atoms with Gasteiger partial charge in [-0.1, -0.05) is 30.3 Å². The third-order valence-electron chi connectivity index (χ3n) is 4.04. The molecule has 0 unspecified atom stereocenters. The number of nitro groups is 2. The number of benzene rings is 3. The summed E-state index contributed by atoms with van der Waals surface area (Å²) >= 11 is 0. The first-order chi connectivity index (χ1) is 15.3. The van der Waals surface area contributed by atoms with Crippen LogP contribution in [-0.4, -0.2) is 27.9 Å². The molecule has 3 rings (SSSR count). The van der Waals surface area contributed by atoms with Crippen molar-refractivity contribution in [2.45, 2.75) is 0 Å². The van der Waals surface area contributed by atoms with Crippen LogP contribution in [0, 0.1) is 20.2 Å². The summed E-state index contributed by atoms with van der Waals surface area (Å²) in [6, 6.07) is 17.3. The Hall–Kier alpha value is -4.93. The zero-order valence-electron chi connectivity index (χ0n) is 16.2. The number of hydrazone groups is 1. The molecule has 0 radical (unpaired) electrons. The van der Waals surface area contributed by atoms with Gasteiger partial charge in [-0.25, -0.2) is 10.2 Å². The standard InChI is InChI=1S/C21H14N4O7/c26-20(16-10-17(24(28)29)12-18(11-16)25(30)31)23-22-13-14-5-4-8-19(9-14)32-21(27)15-6-2-1-3-7-15/h1-13H,(H,23,26). The SMILES string of the molecule is O=C(NN=Cc1cccc(OC(=O)c2ccccc2)c1)c1cc([N+](=O)[O-])cc([N+](=O)[O-])c1. The smallest absolute Gasteiger partial charge is 0.343 e. The molecule has 0 saturated heterocycles. The molecule has 0 aliphatic carbocycles. The van der Waals surface area contributed by atoms with Crippen LogP contribution in [-0.2, 0) is 0 Å². The highest BCUT2D eigenvalue weighted by molar-refractivity contribution is 5.96. The molecular weight excluding hydrogens is 420 g/mol. The molecule has 11 heteroatoms. The van der Waals surface area contributed by atoms with E-state index in [0.29, 0.717) is 11.1 Å². The Morgan fingerprint density at radius 1 is 0.844 bits per heavy atom. The summed E-state index contributed by atoms with van der Waals surface area (Å²) in [5, 5.41) is 25.6. The molecule has 0 saturated carbocycles. The summed E-state index contributed by atoms with van der Waals surface area (Å²) in [5.74, 6) is -1.16. The fraction of sp³-hybridized carbons (Fsp3) is 0. The largest absolute Gasteiger partial charge is 0.423 e. The minimum absolute atomic E-state index is 0.253. The van der Waals surface area contributed by atoms with E-state index in [9.17, 15) is 29.8 Å². The van der Waals surface area contributed by atoms with Gasteiger partial charge in [0, 0.05) is 12.1 Å². The van der Waals surface area contributed by atoms with E-state index in [1.807, 2.05) is 0 Å². The maximum Gasteiger partial charge on any atom is 0.343 e. The number of carbonyl (C=O) groups excluding carboxylic acids is 2. The van der Waals surface area contributed by atoms with Crippen molar-refractivity contribution >= 4 is 29.5 Å². The molecule has 0 fully saturated rings. The number of rotatable bonds is 7. The number of esters is 1. The molecule has 0 bridgehead atoms. The lowest BCUT2D eigenvalue weighted by Crippen LogP contribution is -2.18. The lowest BCUT2D eigenvalue weighted by molar-refractivity contribution is -0.394. The van der Waals surface area contributed by atoms with E-state index in [1.54, 1.807) is 48.5 Å². The molecular formula is C21H14N4O7. The van der Waals surface area contributed by atoms with Gasteiger partial charge in [-0.3, -0.25) is 25.0 Å². The number of non-ortho nitro benzene ring substituents is 2. The van der Waals surface area contributed by atoms with Crippen LogP contribution in [0.1, 0.15) is 26.3 Å². The van der Waals surface area contributed by atoms with Crippen molar-refractivity contribution < 1.29 is 24.2 Å². The topological polar surface area (TPSA) is 154 Å². The van der Waals surface area contributed by atoms with Crippen LogP contribution in [0.2, 0.25) is 0 Å². The summed E-state index contributed by atoms with van der Waals surface area (Å²) < 4.78 is 5.29. The molecule has 1 N–H and O–H groups in total. The predicted molar refractivity (Wildman–Crippen MR) is 113 cm³/mol. The number of carbonyl (C=O) groups is 2. The van der Waals surface area contributed by atoms with E-state index < -0.39 is 33.1 Å². The van der Waals surface area contributed by atoms with Gasteiger partial charge in [0.05, 0.1) is 33.3 Å².